The number of H-pyrrole nitrogens is 1. The molecule has 5 aliphatic heterocycles. The van der Waals surface area contributed by atoms with Crippen LogP contribution in [0.2, 0.25) is 5.02 Å². The first-order valence-electron chi connectivity index (χ1n) is 17.8. The Morgan fingerprint density at radius 3 is 2.25 bits per heavy atom. The molecule has 15 heteroatoms. The van der Waals surface area contributed by atoms with E-state index >= 15 is 0 Å². The van der Waals surface area contributed by atoms with Crippen LogP contribution in [0.3, 0.4) is 0 Å². The summed E-state index contributed by atoms with van der Waals surface area (Å²) < 4.78 is 42.7. The fourth-order valence-corrected chi connectivity index (χ4v) is 8.65. The van der Waals surface area contributed by atoms with Gasteiger partial charge in [0.25, 0.3) is 0 Å². The number of amides is 2. The van der Waals surface area contributed by atoms with E-state index in [9.17, 15) is 32.7 Å². The largest absolute Gasteiger partial charge is 0.506 e. The summed E-state index contributed by atoms with van der Waals surface area (Å²) in [6.07, 6.45) is -1.85. The number of carbonyl (C=O) groups is 2. The van der Waals surface area contributed by atoms with Gasteiger partial charge >= 0.3 is 11.9 Å². The molecule has 0 aliphatic carbocycles. The minimum Gasteiger partial charge on any atom is -0.506 e. The number of nitrogens with zero attached hydrogens (tertiary/aromatic N) is 6. The first kappa shape index (κ1) is 35.5. The maximum absolute atomic E-state index is 14.1. The number of aromatic amines is 1. The van der Waals surface area contributed by atoms with Gasteiger partial charge in [0.1, 0.15) is 5.75 Å². The number of aromatic nitrogens is 3. The zero-order chi connectivity index (χ0) is 35.9. The summed E-state index contributed by atoms with van der Waals surface area (Å²) in [5.74, 6) is -1.42. The fourth-order valence-electron chi connectivity index (χ4n) is 8.41. The maximum Gasteiger partial charge on any atom is 0.420 e. The summed E-state index contributed by atoms with van der Waals surface area (Å²) in [6.45, 7) is 6.36. The quantitative estimate of drug-likeness (QED) is 0.356. The van der Waals surface area contributed by atoms with E-state index in [0.29, 0.717) is 69.9 Å². The van der Waals surface area contributed by atoms with Gasteiger partial charge in [-0.3, -0.25) is 19.5 Å². The first-order chi connectivity index (χ1) is 24.4. The number of likely N-dealkylation sites (tertiary alicyclic amines) is 1. The maximum atomic E-state index is 14.1. The van der Waals surface area contributed by atoms with Gasteiger partial charge in [0.2, 0.25) is 11.8 Å². The highest BCUT2D eigenvalue weighted by molar-refractivity contribution is 6.32. The van der Waals surface area contributed by atoms with Gasteiger partial charge in [0.15, 0.2) is 5.82 Å². The minimum absolute atomic E-state index is 0.119. The van der Waals surface area contributed by atoms with Gasteiger partial charge in [0, 0.05) is 63.8 Å². The van der Waals surface area contributed by atoms with Crippen LogP contribution < -0.4 is 5.69 Å². The van der Waals surface area contributed by atoms with E-state index < -0.39 is 28.4 Å². The van der Waals surface area contributed by atoms with Crippen molar-refractivity contribution in [1.29, 1.82) is 0 Å². The highest BCUT2D eigenvalue weighted by Crippen LogP contribution is 2.41. The average molecular weight is 730 g/mol. The molecule has 0 spiro atoms. The molecule has 0 radical (unpaired) electrons. The van der Waals surface area contributed by atoms with Crippen LogP contribution in [0.25, 0.3) is 11.4 Å². The number of phenolic OH excluding ortho intramolecular Hbond substituents is 1. The Labute approximate surface area is 298 Å². The molecule has 2 atom stereocenters. The molecule has 6 heterocycles. The third-order valence-corrected chi connectivity index (χ3v) is 11.5. The van der Waals surface area contributed by atoms with Crippen molar-refractivity contribution >= 4 is 23.4 Å². The standard InChI is InChI=1S/C36H43ClF3N7O4/c37-29-20-23(19-28(32(29)49)36(38,39)40)18-26(34(50)46-16-14-44(15-17-46)30-22-43-10-6-24(30)7-11-43)21-31(48)45-12-8-27(9-13-45)47-35(51)41-33(42-47)25-4-2-1-3-5-25/h1-5,19-20,24,26-27,30,49H,6-18,21-22H2,(H,41,42,51)/t26-,30?/m0/s1. The van der Waals surface area contributed by atoms with Crippen molar-refractivity contribution in [2.24, 2.45) is 11.8 Å². The molecule has 5 fully saturated rings. The smallest absolute Gasteiger partial charge is 0.420 e. The summed E-state index contributed by atoms with van der Waals surface area (Å²) in [5.41, 5.74) is -0.703. The minimum atomic E-state index is -4.85. The van der Waals surface area contributed by atoms with Crippen molar-refractivity contribution < 1.29 is 27.9 Å². The lowest BCUT2D eigenvalue weighted by Crippen LogP contribution is -2.61. The van der Waals surface area contributed by atoms with E-state index in [1.54, 1.807) is 9.80 Å². The topological polar surface area (TPSA) is 118 Å². The Morgan fingerprint density at radius 2 is 1.63 bits per heavy atom. The van der Waals surface area contributed by atoms with E-state index in [0.717, 1.165) is 31.3 Å². The number of phenols is 1. The molecule has 2 bridgehead atoms. The van der Waals surface area contributed by atoms with Crippen molar-refractivity contribution in [2.75, 3.05) is 58.9 Å². The number of hydrogen-bond donors (Lipinski definition) is 2. The highest BCUT2D eigenvalue weighted by Gasteiger charge is 2.40. The molecule has 0 saturated carbocycles. The third kappa shape index (κ3) is 7.68. The number of piperidine rings is 4. The molecule has 51 heavy (non-hydrogen) atoms. The normalized spacial score (nSPS) is 23.8. The predicted molar refractivity (Wildman–Crippen MR) is 184 cm³/mol. The molecule has 5 saturated heterocycles. The van der Waals surface area contributed by atoms with Crippen LogP contribution in [0.15, 0.2) is 47.3 Å². The van der Waals surface area contributed by atoms with E-state index in [4.69, 9.17) is 11.6 Å². The lowest BCUT2D eigenvalue weighted by Gasteiger charge is -2.51. The van der Waals surface area contributed by atoms with Gasteiger partial charge in [-0.2, -0.15) is 13.2 Å². The zero-order valence-electron chi connectivity index (χ0n) is 28.3. The molecule has 2 aromatic carbocycles. The van der Waals surface area contributed by atoms with Crippen LogP contribution in [-0.2, 0) is 22.2 Å². The Kier molecular flexibility index (Phi) is 10.2. The number of rotatable bonds is 8. The number of benzene rings is 2. The summed E-state index contributed by atoms with van der Waals surface area (Å²) >= 11 is 6.03. The zero-order valence-corrected chi connectivity index (χ0v) is 29.1. The van der Waals surface area contributed by atoms with Gasteiger partial charge in [-0.15, -0.1) is 5.10 Å². The predicted octanol–water partition coefficient (Wildman–Crippen LogP) is 4.27. The van der Waals surface area contributed by atoms with Gasteiger partial charge in [-0.05, 0) is 68.8 Å². The highest BCUT2D eigenvalue weighted by atomic mass is 35.5. The van der Waals surface area contributed by atoms with Crippen LogP contribution in [0.5, 0.6) is 5.75 Å². The Morgan fingerprint density at radius 1 is 0.941 bits per heavy atom. The van der Waals surface area contributed by atoms with Gasteiger partial charge < -0.3 is 19.8 Å². The molecular weight excluding hydrogens is 687 g/mol. The number of fused-ring (bicyclic) bond motifs is 3. The van der Waals surface area contributed by atoms with E-state index in [-0.39, 0.29) is 42.0 Å². The van der Waals surface area contributed by atoms with Crippen molar-refractivity contribution in [3.63, 3.8) is 0 Å². The Bertz CT molecular complexity index is 1780. The molecule has 1 unspecified atom stereocenters. The number of halogens is 4. The second-order valence-corrected chi connectivity index (χ2v) is 14.8. The SMILES string of the molecule is O=C(C[C@H](Cc1cc(Cl)c(O)c(C(F)(F)F)c1)C(=O)N1CCN(C2CN3CCC2CC3)CC1)N1CCC(n2nc(-c3ccccc3)[nH]c2=O)CC1. The van der Waals surface area contributed by atoms with Crippen LogP contribution in [0, 0.1) is 11.8 Å². The molecule has 274 valence electrons. The molecule has 5 aliphatic rings. The number of aromatic hydroxyl groups is 1. The van der Waals surface area contributed by atoms with Crippen molar-refractivity contribution in [2.45, 2.75) is 56.8 Å². The average Bonchev–Trinajstić information content (AvgIpc) is 3.54. The van der Waals surface area contributed by atoms with Crippen molar-refractivity contribution in [1.82, 2.24) is 34.4 Å². The van der Waals surface area contributed by atoms with Gasteiger partial charge in [-0.25, -0.2) is 9.48 Å². The van der Waals surface area contributed by atoms with Crippen LogP contribution in [-0.4, -0.2) is 116 Å². The molecule has 8 rings (SSSR count). The summed E-state index contributed by atoms with van der Waals surface area (Å²) in [6, 6.07) is 11.6. The monoisotopic (exact) mass is 729 g/mol. The van der Waals surface area contributed by atoms with Gasteiger partial charge in [0.05, 0.1) is 22.5 Å². The van der Waals surface area contributed by atoms with Gasteiger partial charge in [-0.1, -0.05) is 41.9 Å². The molecular formula is C36H43ClF3N7O4. The molecule has 3 aromatic rings. The molecule has 2 N–H and O–H groups in total. The lowest BCUT2D eigenvalue weighted by atomic mass is 9.83. The van der Waals surface area contributed by atoms with Crippen LogP contribution in [0.4, 0.5) is 13.2 Å². The lowest BCUT2D eigenvalue weighted by molar-refractivity contribution is -0.143. The number of alkyl halides is 3. The second kappa shape index (κ2) is 14.6. The van der Waals surface area contributed by atoms with E-state index in [2.05, 4.69) is 19.9 Å². The van der Waals surface area contributed by atoms with Crippen LogP contribution in [0.1, 0.15) is 49.3 Å². The molecule has 2 amide bonds. The molecule has 11 nitrogen and oxygen atoms in total. The third-order valence-electron chi connectivity index (χ3n) is 11.2. The van der Waals surface area contributed by atoms with Crippen molar-refractivity contribution in [3.8, 4) is 17.1 Å². The number of hydrogen-bond acceptors (Lipinski definition) is 7. The van der Waals surface area contributed by atoms with E-state index in [1.165, 1.54) is 23.6 Å². The van der Waals surface area contributed by atoms with Crippen LogP contribution >= 0.6 is 11.6 Å². The molecule has 1 aromatic heterocycles. The number of carbonyl (C=O) groups excluding carboxylic acids is 2. The Hall–Kier alpha value is -3.88. The summed E-state index contributed by atoms with van der Waals surface area (Å²) in [7, 11) is 0. The fraction of sp³-hybridized carbons (Fsp3) is 0.556. The second-order valence-electron chi connectivity index (χ2n) is 14.3. The number of piperazine rings is 1. The number of nitrogens with one attached hydrogen (secondary N) is 1. The summed E-state index contributed by atoms with van der Waals surface area (Å²) in [4.78, 5) is 51.8. The van der Waals surface area contributed by atoms with E-state index in [1.807, 2.05) is 30.3 Å². The van der Waals surface area contributed by atoms with Crippen molar-refractivity contribution in [3.05, 3.63) is 69.1 Å². The first-order valence-corrected chi connectivity index (χ1v) is 18.2. The Balaban J connectivity index is 1.04. The summed E-state index contributed by atoms with van der Waals surface area (Å²) in [5, 5.41) is 14.1.